The minimum absolute atomic E-state index is 0.194. The molecule has 1 heterocycles. The molecule has 18 heavy (non-hydrogen) atoms. The maximum absolute atomic E-state index is 6.35. The van der Waals surface area contributed by atoms with Gasteiger partial charge in [-0.2, -0.15) is 0 Å². The van der Waals surface area contributed by atoms with Crippen molar-refractivity contribution >= 4 is 15.9 Å². The fourth-order valence-electron chi connectivity index (χ4n) is 2.07. The molecule has 4 heteroatoms. The molecule has 1 unspecified atom stereocenters. The molecule has 0 radical (unpaired) electrons. The first-order valence-corrected chi connectivity index (χ1v) is 6.95. The molecule has 0 spiro atoms. The molecule has 96 valence electrons. The quantitative estimate of drug-likeness (QED) is 0.940. The summed E-state index contributed by atoms with van der Waals surface area (Å²) >= 11 is 3.56. The molecule has 3 nitrogen and oxygen atoms in total. The number of halogens is 1. The van der Waals surface area contributed by atoms with Gasteiger partial charge in [-0.25, -0.2) is 4.98 Å². The lowest BCUT2D eigenvalue weighted by atomic mass is 10.0. The Hall–Kier alpha value is -1.13. The van der Waals surface area contributed by atoms with E-state index < -0.39 is 0 Å². The molecule has 2 aromatic rings. The summed E-state index contributed by atoms with van der Waals surface area (Å²) in [6.07, 6.45) is 4.88. The molecule has 2 rings (SSSR count). The molecule has 1 aromatic heterocycles. The lowest BCUT2D eigenvalue weighted by Gasteiger charge is -2.16. The first-order chi connectivity index (χ1) is 8.63. The van der Waals surface area contributed by atoms with E-state index in [1.807, 2.05) is 18.5 Å². The molecule has 0 fully saturated rings. The van der Waals surface area contributed by atoms with Gasteiger partial charge in [-0.1, -0.05) is 40.5 Å². The van der Waals surface area contributed by atoms with E-state index in [2.05, 4.69) is 51.5 Å². The van der Waals surface area contributed by atoms with E-state index in [1.54, 1.807) is 0 Å². The van der Waals surface area contributed by atoms with Crippen molar-refractivity contribution in [3.05, 3.63) is 52.0 Å². The van der Waals surface area contributed by atoms with Crippen LogP contribution in [0.15, 0.2) is 35.1 Å². The van der Waals surface area contributed by atoms with Gasteiger partial charge < -0.3 is 10.3 Å². The second kappa shape index (κ2) is 5.67. The smallest absolute Gasteiger partial charge is 0.130 e. The van der Waals surface area contributed by atoms with Crippen molar-refractivity contribution < 1.29 is 0 Å². The number of nitrogens with zero attached hydrogens (tertiary/aromatic N) is 2. The van der Waals surface area contributed by atoms with Crippen molar-refractivity contribution in [2.75, 3.05) is 0 Å². The average Bonchev–Trinajstić information content (AvgIpc) is 2.80. The zero-order chi connectivity index (χ0) is 13.1. The van der Waals surface area contributed by atoms with Gasteiger partial charge in [-0.05, 0) is 25.0 Å². The normalized spacial score (nSPS) is 12.7. The Morgan fingerprint density at radius 2 is 2.22 bits per heavy atom. The molecule has 0 aliphatic rings. The van der Waals surface area contributed by atoms with Crippen LogP contribution in [0.3, 0.4) is 0 Å². The first-order valence-electron chi connectivity index (χ1n) is 6.16. The van der Waals surface area contributed by atoms with Gasteiger partial charge in [0.25, 0.3) is 0 Å². The predicted octanol–water partition coefficient (Wildman–Crippen LogP) is 3.41. The van der Waals surface area contributed by atoms with E-state index >= 15 is 0 Å². The molecular weight excluding hydrogens is 290 g/mol. The number of aromatic nitrogens is 2. The van der Waals surface area contributed by atoms with E-state index in [1.165, 1.54) is 5.56 Å². The van der Waals surface area contributed by atoms with Gasteiger partial charge in [-0.15, -0.1) is 0 Å². The molecule has 0 bridgehead atoms. The summed E-state index contributed by atoms with van der Waals surface area (Å²) in [5.74, 6) is 0.920. The van der Waals surface area contributed by atoms with Crippen LogP contribution in [-0.4, -0.2) is 9.55 Å². The van der Waals surface area contributed by atoms with Gasteiger partial charge in [0.1, 0.15) is 5.82 Å². The molecule has 1 aromatic carbocycles. The zero-order valence-electron chi connectivity index (χ0n) is 10.7. The van der Waals surface area contributed by atoms with Gasteiger partial charge >= 0.3 is 0 Å². The Balaban J connectivity index is 2.38. The largest absolute Gasteiger partial charge is 0.333 e. The maximum atomic E-state index is 6.35. The Labute approximate surface area is 116 Å². The third-order valence-electron chi connectivity index (χ3n) is 2.98. The van der Waals surface area contributed by atoms with Crippen molar-refractivity contribution in [3.63, 3.8) is 0 Å². The fourth-order valence-corrected chi connectivity index (χ4v) is 2.56. The van der Waals surface area contributed by atoms with Gasteiger partial charge in [0.05, 0.1) is 6.04 Å². The summed E-state index contributed by atoms with van der Waals surface area (Å²) < 4.78 is 3.16. The van der Waals surface area contributed by atoms with Crippen molar-refractivity contribution in [1.29, 1.82) is 0 Å². The summed E-state index contributed by atoms with van der Waals surface area (Å²) in [4.78, 5) is 4.40. The highest BCUT2D eigenvalue weighted by Gasteiger charge is 2.17. The Bertz CT molecular complexity index is 534. The van der Waals surface area contributed by atoms with Crippen molar-refractivity contribution in [1.82, 2.24) is 9.55 Å². The molecule has 0 saturated carbocycles. The molecule has 0 aliphatic heterocycles. The van der Waals surface area contributed by atoms with E-state index in [4.69, 9.17) is 5.73 Å². The second-order valence-corrected chi connectivity index (χ2v) is 5.34. The standard InChI is InChI=1S/C14H18BrN3/c1-3-7-18-8-6-17-14(18)13(16)11-9-10(2)4-5-12(11)15/h4-6,8-9,13H,3,7,16H2,1-2H3. The van der Waals surface area contributed by atoms with E-state index in [0.717, 1.165) is 28.8 Å². The number of imidazole rings is 1. The summed E-state index contributed by atoms with van der Waals surface area (Å²) in [7, 11) is 0. The number of hydrogen-bond acceptors (Lipinski definition) is 2. The van der Waals surface area contributed by atoms with Crippen LogP contribution in [0.2, 0.25) is 0 Å². The van der Waals surface area contributed by atoms with Gasteiger partial charge in [0.15, 0.2) is 0 Å². The minimum atomic E-state index is -0.194. The first kappa shape index (κ1) is 13.3. The van der Waals surface area contributed by atoms with Crippen LogP contribution >= 0.6 is 15.9 Å². The van der Waals surface area contributed by atoms with E-state index in [9.17, 15) is 0 Å². The monoisotopic (exact) mass is 307 g/mol. The van der Waals surface area contributed by atoms with E-state index in [0.29, 0.717) is 0 Å². The third-order valence-corrected chi connectivity index (χ3v) is 3.70. The van der Waals surface area contributed by atoms with Gasteiger partial charge in [0, 0.05) is 23.4 Å². The molecular formula is C14H18BrN3. The Morgan fingerprint density at radius 3 is 2.94 bits per heavy atom. The molecule has 2 N–H and O–H groups in total. The van der Waals surface area contributed by atoms with Crippen LogP contribution in [0.1, 0.15) is 36.3 Å². The number of hydrogen-bond donors (Lipinski definition) is 1. The van der Waals surface area contributed by atoms with Gasteiger partial charge in [-0.3, -0.25) is 0 Å². The minimum Gasteiger partial charge on any atom is -0.333 e. The molecule has 0 amide bonds. The van der Waals surface area contributed by atoms with Crippen molar-refractivity contribution in [2.45, 2.75) is 32.9 Å². The lowest BCUT2D eigenvalue weighted by Crippen LogP contribution is -2.18. The number of benzene rings is 1. The number of aryl methyl sites for hydroxylation is 2. The highest BCUT2D eigenvalue weighted by molar-refractivity contribution is 9.10. The average molecular weight is 308 g/mol. The van der Waals surface area contributed by atoms with Crippen LogP contribution in [-0.2, 0) is 6.54 Å². The van der Waals surface area contributed by atoms with Crippen LogP contribution in [0.25, 0.3) is 0 Å². The fraction of sp³-hybridized carbons (Fsp3) is 0.357. The predicted molar refractivity (Wildman–Crippen MR) is 77.4 cm³/mol. The SMILES string of the molecule is CCCn1ccnc1C(N)c1cc(C)ccc1Br. The summed E-state index contributed by atoms with van der Waals surface area (Å²) in [5.41, 5.74) is 8.64. The lowest BCUT2D eigenvalue weighted by molar-refractivity contribution is 0.612. The topological polar surface area (TPSA) is 43.8 Å². The van der Waals surface area contributed by atoms with Crippen LogP contribution < -0.4 is 5.73 Å². The number of nitrogens with two attached hydrogens (primary N) is 1. The van der Waals surface area contributed by atoms with Crippen LogP contribution in [0.5, 0.6) is 0 Å². The van der Waals surface area contributed by atoms with Crippen molar-refractivity contribution in [3.8, 4) is 0 Å². The zero-order valence-corrected chi connectivity index (χ0v) is 12.3. The van der Waals surface area contributed by atoms with Crippen LogP contribution in [0.4, 0.5) is 0 Å². The molecule has 1 atom stereocenters. The molecule has 0 saturated heterocycles. The van der Waals surface area contributed by atoms with Crippen LogP contribution in [0, 0.1) is 6.92 Å². The number of rotatable bonds is 4. The maximum Gasteiger partial charge on any atom is 0.130 e. The summed E-state index contributed by atoms with van der Waals surface area (Å²) in [6, 6.07) is 6.02. The van der Waals surface area contributed by atoms with Crippen molar-refractivity contribution in [2.24, 2.45) is 5.73 Å². The Morgan fingerprint density at radius 1 is 1.44 bits per heavy atom. The van der Waals surface area contributed by atoms with E-state index in [-0.39, 0.29) is 6.04 Å². The second-order valence-electron chi connectivity index (χ2n) is 4.48. The Kier molecular flexibility index (Phi) is 4.19. The highest BCUT2D eigenvalue weighted by Crippen LogP contribution is 2.27. The molecule has 0 aliphatic carbocycles. The van der Waals surface area contributed by atoms with Gasteiger partial charge in [0.2, 0.25) is 0 Å². The summed E-state index contributed by atoms with van der Waals surface area (Å²) in [5, 5.41) is 0. The highest BCUT2D eigenvalue weighted by atomic mass is 79.9. The summed E-state index contributed by atoms with van der Waals surface area (Å²) in [6.45, 7) is 5.17. The third kappa shape index (κ3) is 2.65.